The van der Waals surface area contributed by atoms with E-state index < -0.39 is 24.1 Å². The third-order valence-corrected chi connectivity index (χ3v) is 3.07. The molecule has 3 fully saturated rings. The fourth-order valence-corrected chi connectivity index (χ4v) is 2.40. The molecule has 2 aliphatic heterocycles. The Morgan fingerprint density at radius 3 is 2.14 bits per heavy atom. The Morgan fingerprint density at radius 2 is 1.43 bits per heavy atom. The first-order valence-corrected chi connectivity index (χ1v) is 4.87. The molecule has 0 unspecified atom stereocenters. The summed E-state index contributed by atoms with van der Waals surface area (Å²) in [6, 6.07) is 0. The topological polar surface area (TPSA) is 71.5 Å². The van der Waals surface area contributed by atoms with Crippen LogP contribution in [0.25, 0.3) is 0 Å². The van der Waals surface area contributed by atoms with Crippen molar-refractivity contribution in [2.24, 2.45) is 0 Å². The molecule has 0 radical (unpaired) electrons. The van der Waals surface area contributed by atoms with E-state index in [4.69, 9.17) is 14.2 Å². The summed E-state index contributed by atoms with van der Waals surface area (Å²) in [5.74, 6) is -0.698. The number of ether oxygens (including phenoxy) is 3. The maximum absolute atomic E-state index is 9.74. The average molecular weight is 202 g/mol. The van der Waals surface area contributed by atoms with Gasteiger partial charge in [-0.25, -0.2) is 0 Å². The van der Waals surface area contributed by atoms with Crippen LogP contribution in [0, 0.1) is 0 Å². The highest BCUT2D eigenvalue weighted by atomic mass is 16.8. The van der Waals surface area contributed by atoms with Crippen molar-refractivity contribution in [3.8, 4) is 0 Å². The zero-order chi connectivity index (χ0) is 10.1. The van der Waals surface area contributed by atoms with Crippen molar-refractivity contribution in [3.05, 3.63) is 0 Å². The van der Waals surface area contributed by atoms with Crippen molar-refractivity contribution in [2.75, 3.05) is 0 Å². The molecule has 3 rings (SSSR count). The van der Waals surface area contributed by atoms with Gasteiger partial charge in [0.15, 0.2) is 5.79 Å². The van der Waals surface area contributed by atoms with E-state index in [0.717, 1.165) is 0 Å². The monoisotopic (exact) mass is 202 g/mol. The van der Waals surface area contributed by atoms with Crippen LogP contribution in [0.4, 0.5) is 0 Å². The molecular formula is C9H14O5. The third kappa shape index (κ3) is 1.07. The van der Waals surface area contributed by atoms with Gasteiger partial charge in [0, 0.05) is 0 Å². The van der Waals surface area contributed by atoms with Gasteiger partial charge in [0.2, 0.25) is 0 Å². The maximum atomic E-state index is 9.74. The summed E-state index contributed by atoms with van der Waals surface area (Å²) in [7, 11) is 0. The van der Waals surface area contributed by atoms with Crippen LogP contribution in [0.1, 0.15) is 13.8 Å². The van der Waals surface area contributed by atoms with Crippen LogP contribution in [-0.2, 0) is 14.2 Å². The Morgan fingerprint density at radius 1 is 0.857 bits per heavy atom. The molecule has 2 heterocycles. The standard InChI is InChI=1S/C9H14O5/c1-9(2)13-6-4(11)3(10)5-7(12-5)8(6)14-9/h3-8,10-11H,1-2H3/t3-,4-,5-,6+,7-,8+/m1/s1. The largest absolute Gasteiger partial charge is 0.387 e. The molecule has 0 amide bonds. The number of aliphatic hydroxyl groups excluding tert-OH is 2. The van der Waals surface area contributed by atoms with E-state index in [1.54, 1.807) is 13.8 Å². The Labute approximate surface area is 81.6 Å². The van der Waals surface area contributed by atoms with Crippen molar-refractivity contribution in [1.29, 1.82) is 0 Å². The van der Waals surface area contributed by atoms with Gasteiger partial charge in [0.05, 0.1) is 0 Å². The smallest absolute Gasteiger partial charge is 0.164 e. The fourth-order valence-electron chi connectivity index (χ4n) is 2.40. The van der Waals surface area contributed by atoms with E-state index in [-0.39, 0.29) is 18.3 Å². The van der Waals surface area contributed by atoms with Crippen molar-refractivity contribution in [2.45, 2.75) is 56.3 Å². The zero-order valence-corrected chi connectivity index (χ0v) is 8.08. The lowest BCUT2D eigenvalue weighted by Gasteiger charge is -2.28. The second-order valence-electron chi connectivity index (χ2n) is 4.61. The van der Waals surface area contributed by atoms with Crippen LogP contribution in [0.2, 0.25) is 0 Å². The molecule has 80 valence electrons. The summed E-state index contributed by atoms with van der Waals surface area (Å²) >= 11 is 0. The van der Waals surface area contributed by atoms with Gasteiger partial charge >= 0.3 is 0 Å². The summed E-state index contributed by atoms with van der Waals surface area (Å²) in [4.78, 5) is 0. The van der Waals surface area contributed by atoms with E-state index in [1.165, 1.54) is 0 Å². The summed E-state index contributed by atoms with van der Waals surface area (Å²) in [5, 5.41) is 19.3. The molecule has 5 heteroatoms. The minimum absolute atomic E-state index is 0.111. The van der Waals surface area contributed by atoms with Crippen LogP contribution >= 0.6 is 0 Å². The SMILES string of the molecule is CC1(C)O[C@@H]2[C@@H]3O[C@@H]3[C@H](O)[C@@H](O)[C@@H]2O1. The van der Waals surface area contributed by atoms with Gasteiger partial charge in [-0.3, -0.25) is 0 Å². The number of fused-ring (bicyclic) bond motifs is 3. The summed E-state index contributed by atoms with van der Waals surface area (Å²) in [6.45, 7) is 3.59. The summed E-state index contributed by atoms with van der Waals surface area (Å²) < 4.78 is 16.4. The number of hydrogen-bond acceptors (Lipinski definition) is 5. The van der Waals surface area contributed by atoms with Gasteiger partial charge < -0.3 is 24.4 Å². The molecule has 2 saturated heterocycles. The second-order valence-corrected chi connectivity index (χ2v) is 4.61. The highest BCUT2D eigenvalue weighted by Crippen LogP contribution is 2.46. The van der Waals surface area contributed by atoms with Gasteiger partial charge in [-0.15, -0.1) is 0 Å². The quantitative estimate of drug-likeness (QED) is 0.493. The minimum atomic E-state index is -0.912. The maximum Gasteiger partial charge on any atom is 0.164 e. The Bertz CT molecular complexity index is 266. The molecule has 0 bridgehead atoms. The van der Waals surface area contributed by atoms with E-state index in [1.807, 2.05) is 0 Å². The van der Waals surface area contributed by atoms with E-state index in [9.17, 15) is 10.2 Å². The molecule has 1 saturated carbocycles. The lowest BCUT2D eigenvalue weighted by molar-refractivity contribution is -0.162. The fraction of sp³-hybridized carbons (Fsp3) is 1.00. The highest BCUT2D eigenvalue weighted by molar-refractivity contribution is 5.11. The van der Waals surface area contributed by atoms with Gasteiger partial charge in [-0.1, -0.05) is 0 Å². The predicted molar refractivity (Wildman–Crippen MR) is 44.5 cm³/mol. The number of rotatable bonds is 0. The first-order valence-electron chi connectivity index (χ1n) is 4.87. The van der Waals surface area contributed by atoms with Crippen LogP contribution < -0.4 is 0 Å². The Hall–Kier alpha value is -0.200. The van der Waals surface area contributed by atoms with Crippen molar-refractivity contribution in [1.82, 2.24) is 0 Å². The average Bonchev–Trinajstić information content (AvgIpc) is 2.81. The minimum Gasteiger partial charge on any atom is -0.387 e. The van der Waals surface area contributed by atoms with E-state index in [0.29, 0.717) is 0 Å². The Kier molecular flexibility index (Phi) is 1.61. The molecule has 3 aliphatic rings. The van der Waals surface area contributed by atoms with Crippen molar-refractivity contribution in [3.63, 3.8) is 0 Å². The third-order valence-electron chi connectivity index (χ3n) is 3.07. The van der Waals surface area contributed by atoms with E-state index in [2.05, 4.69) is 0 Å². The zero-order valence-electron chi connectivity index (χ0n) is 8.08. The van der Waals surface area contributed by atoms with Crippen LogP contribution in [-0.4, -0.2) is 52.6 Å². The molecular weight excluding hydrogens is 188 g/mol. The molecule has 0 aromatic rings. The van der Waals surface area contributed by atoms with Gasteiger partial charge in [-0.2, -0.15) is 0 Å². The van der Waals surface area contributed by atoms with Crippen molar-refractivity contribution >= 4 is 0 Å². The molecule has 5 nitrogen and oxygen atoms in total. The second kappa shape index (κ2) is 2.48. The number of hydrogen-bond donors (Lipinski definition) is 2. The summed E-state index contributed by atoms with van der Waals surface area (Å²) in [5.41, 5.74) is 0. The molecule has 1 aliphatic carbocycles. The van der Waals surface area contributed by atoms with Crippen LogP contribution in [0.5, 0.6) is 0 Å². The predicted octanol–water partition coefficient (Wildman–Crippen LogP) is -0.991. The number of aliphatic hydroxyl groups is 2. The molecule has 0 spiro atoms. The van der Waals surface area contributed by atoms with E-state index >= 15 is 0 Å². The lowest BCUT2D eigenvalue weighted by atomic mass is 9.90. The molecule has 14 heavy (non-hydrogen) atoms. The molecule has 0 aromatic carbocycles. The van der Waals surface area contributed by atoms with Crippen molar-refractivity contribution < 1.29 is 24.4 Å². The van der Waals surface area contributed by atoms with Crippen LogP contribution in [0.3, 0.4) is 0 Å². The normalized spacial score (nSPS) is 59.1. The Balaban J connectivity index is 1.87. The van der Waals surface area contributed by atoms with Gasteiger partial charge in [0.25, 0.3) is 0 Å². The molecule has 0 aromatic heterocycles. The first kappa shape index (κ1) is 9.06. The number of epoxide rings is 1. The highest BCUT2D eigenvalue weighted by Gasteiger charge is 2.65. The molecule has 6 atom stereocenters. The first-order chi connectivity index (χ1) is 6.49. The summed E-state index contributed by atoms with van der Waals surface area (Å²) in [6.07, 6.45) is -2.86. The lowest BCUT2D eigenvalue weighted by Crippen LogP contribution is -2.52. The van der Waals surface area contributed by atoms with Crippen LogP contribution in [0.15, 0.2) is 0 Å². The van der Waals surface area contributed by atoms with Gasteiger partial charge in [-0.05, 0) is 13.8 Å². The molecule has 2 N–H and O–H groups in total. The van der Waals surface area contributed by atoms with Gasteiger partial charge in [0.1, 0.15) is 36.6 Å².